The molecular weight excluding hydrogens is 348 g/mol. The number of ether oxygens (including phenoxy) is 4. The molecule has 0 spiro atoms. The number of methoxy groups -OCH3 is 2. The van der Waals surface area contributed by atoms with Crippen molar-refractivity contribution in [2.24, 2.45) is 0 Å². The summed E-state index contributed by atoms with van der Waals surface area (Å²) >= 11 is 0. The molecule has 0 N–H and O–H groups in total. The van der Waals surface area contributed by atoms with E-state index in [4.69, 9.17) is 23.4 Å². The Morgan fingerprint density at radius 2 is 1.63 bits per heavy atom. The van der Waals surface area contributed by atoms with Crippen molar-refractivity contribution in [3.05, 3.63) is 48.2 Å². The second kappa shape index (κ2) is 8.49. The Labute approximate surface area is 157 Å². The van der Waals surface area contributed by atoms with E-state index in [1.165, 1.54) is 27.4 Å². The van der Waals surface area contributed by atoms with E-state index < -0.39 is 0 Å². The average Bonchev–Trinajstić information content (AvgIpc) is 3.16. The fourth-order valence-electron chi connectivity index (χ4n) is 2.91. The van der Waals surface area contributed by atoms with Gasteiger partial charge in [0.25, 0.3) is 0 Å². The minimum absolute atomic E-state index is 0.177. The molecule has 1 aromatic heterocycles. The molecule has 3 aromatic rings. The molecule has 0 fully saturated rings. The van der Waals surface area contributed by atoms with Gasteiger partial charge in [0.2, 0.25) is 5.75 Å². The number of furan rings is 1. The number of para-hydroxylation sites is 1. The molecule has 2 aromatic carbocycles. The Balaban J connectivity index is 1.80. The van der Waals surface area contributed by atoms with Crippen LogP contribution in [-0.4, -0.2) is 33.2 Å². The van der Waals surface area contributed by atoms with Crippen molar-refractivity contribution in [3.63, 3.8) is 0 Å². The molecule has 27 heavy (non-hydrogen) atoms. The van der Waals surface area contributed by atoms with E-state index in [1.54, 1.807) is 6.07 Å². The van der Waals surface area contributed by atoms with E-state index >= 15 is 0 Å². The summed E-state index contributed by atoms with van der Waals surface area (Å²) in [5.74, 6) is 1.75. The zero-order valence-corrected chi connectivity index (χ0v) is 15.6. The van der Waals surface area contributed by atoms with Crippen molar-refractivity contribution in [2.45, 2.75) is 13.3 Å². The largest absolute Gasteiger partial charge is 0.495 e. The molecule has 0 saturated heterocycles. The summed E-state index contributed by atoms with van der Waals surface area (Å²) in [6.07, 6.45) is 2.16. The van der Waals surface area contributed by atoms with Gasteiger partial charge in [-0.2, -0.15) is 0 Å². The van der Waals surface area contributed by atoms with E-state index in [9.17, 15) is 4.79 Å². The van der Waals surface area contributed by atoms with Crippen LogP contribution in [0.25, 0.3) is 11.0 Å². The average molecular weight is 370 g/mol. The van der Waals surface area contributed by atoms with Crippen LogP contribution in [-0.2, 0) is 0 Å². The van der Waals surface area contributed by atoms with Gasteiger partial charge in [-0.05, 0) is 25.1 Å². The molecule has 0 unspecified atom stereocenters. The van der Waals surface area contributed by atoms with Gasteiger partial charge in [0.1, 0.15) is 17.1 Å². The third-order valence-corrected chi connectivity index (χ3v) is 4.08. The van der Waals surface area contributed by atoms with E-state index in [0.717, 1.165) is 5.75 Å². The maximum atomic E-state index is 12.3. The number of carbonyl (C=O) groups is 1. The summed E-state index contributed by atoms with van der Waals surface area (Å²) in [5, 5.41) is 0.666. The standard InChI is InChI=1S/C21H22O6/c1-14(22)17-18(23-2)16-10-13-27-19(16)21(24-3)20(17)26-12-7-11-25-15-8-5-4-6-9-15/h4-6,8-10,13H,7,11-12H2,1-3H3. The Kier molecular flexibility index (Phi) is 5.86. The van der Waals surface area contributed by atoms with Gasteiger partial charge in [-0.1, -0.05) is 18.2 Å². The van der Waals surface area contributed by atoms with Crippen LogP contribution in [0.5, 0.6) is 23.0 Å². The van der Waals surface area contributed by atoms with Crippen LogP contribution in [0.15, 0.2) is 47.1 Å². The number of Topliss-reactive ketones (excluding diaryl/α,β-unsaturated/α-hetero) is 1. The van der Waals surface area contributed by atoms with E-state index in [0.29, 0.717) is 53.4 Å². The van der Waals surface area contributed by atoms with Gasteiger partial charge in [0.05, 0.1) is 39.1 Å². The van der Waals surface area contributed by atoms with Crippen molar-refractivity contribution in [1.29, 1.82) is 0 Å². The normalized spacial score (nSPS) is 10.6. The Bertz CT molecular complexity index is 913. The van der Waals surface area contributed by atoms with Gasteiger partial charge in [0, 0.05) is 6.42 Å². The van der Waals surface area contributed by atoms with Crippen molar-refractivity contribution in [2.75, 3.05) is 27.4 Å². The van der Waals surface area contributed by atoms with Crippen LogP contribution >= 0.6 is 0 Å². The molecule has 0 atom stereocenters. The summed E-state index contributed by atoms with van der Waals surface area (Å²) in [7, 11) is 3.03. The summed E-state index contributed by atoms with van der Waals surface area (Å²) in [5.41, 5.74) is 0.821. The summed E-state index contributed by atoms with van der Waals surface area (Å²) in [6, 6.07) is 11.3. The van der Waals surface area contributed by atoms with Crippen LogP contribution in [0.3, 0.4) is 0 Å². The molecule has 0 saturated carbocycles. The van der Waals surface area contributed by atoms with Crippen LogP contribution < -0.4 is 18.9 Å². The number of rotatable bonds is 9. The van der Waals surface area contributed by atoms with Gasteiger partial charge in [-0.25, -0.2) is 0 Å². The topological polar surface area (TPSA) is 67.1 Å². The van der Waals surface area contributed by atoms with Crippen LogP contribution in [0.1, 0.15) is 23.7 Å². The molecule has 0 aliphatic rings. The molecule has 0 bridgehead atoms. The SMILES string of the molecule is COc1c(C(C)=O)c(OCCCOc2ccccc2)c(OC)c2occc12. The number of benzene rings is 2. The summed E-state index contributed by atoms with van der Waals surface area (Å²) in [4.78, 5) is 12.3. The zero-order chi connectivity index (χ0) is 19.2. The van der Waals surface area contributed by atoms with Crippen LogP contribution in [0.2, 0.25) is 0 Å². The first kappa shape index (κ1) is 18.6. The fourth-order valence-corrected chi connectivity index (χ4v) is 2.91. The highest BCUT2D eigenvalue weighted by atomic mass is 16.5. The molecular formula is C21H22O6. The van der Waals surface area contributed by atoms with Crippen LogP contribution in [0.4, 0.5) is 0 Å². The molecule has 142 valence electrons. The molecule has 0 radical (unpaired) electrons. The molecule has 3 rings (SSSR count). The number of hydrogen-bond acceptors (Lipinski definition) is 6. The number of ketones is 1. The highest BCUT2D eigenvalue weighted by Crippen LogP contribution is 2.46. The monoisotopic (exact) mass is 370 g/mol. The molecule has 6 nitrogen and oxygen atoms in total. The highest BCUT2D eigenvalue weighted by Gasteiger charge is 2.27. The van der Waals surface area contributed by atoms with Crippen LogP contribution in [0, 0.1) is 0 Å². The molecule has 0 aliphatic heterocycles. The second-order valence-corrected chi connectivity index (χ2v) is 5.85. The first-order valence-corrected chi connectivity index (χ1v) is 8.64. The molecule has 0 amide bonds. The van der Waals surface area contributed by atoms with E-state index in [-0.39, 0.29) is 5.78 Å². The third kappa shape index (κ3) is 3.84. The molecule has 1 heterocycles. The number of hydrogen-bond donors (Lipinski definition) is 0. The Morgan fingerprint density at radius 1 is 0.926 bits per heavy atom. The predicted molar refractivity (Wildman–Crippen MR) is 101 cm³/mol. The van der Waals surface area contributed by atoms with E-state index in [1.807, 2.05) is 30.3 Å². The molecule has 6 heteroatoms. The van der Waals surface area contributed by atoms with Gasteiger partial charge in [-0.3, -0.25) is 4.79 Å². The van der Waals surface area contributed by atoms with Gasteiger partial charge in [-0.15, -0.1) is 0 Å². The van der Waals surface area contributed by atoms with Crippen molar-refractivity contribution in [1.82, 2.24) is 0 Å². The smallest absolute Gasteiger partial charge is 0.205 e. The first-order valence-electron chi connectivity index (χ1n) is 8.64. The lowest BCUT2D eigenvalue weighted by atomic mass is 10.0. The zero-order valence-electron chi connectivity index (χ0n) is 15.6. The summed E-state index contributed by atoms with van der Waals surface area (Å²) in [6.45, 7) is 2.30. The van der Waals surface area contributed by atoms with Crippen molar-refractivity contribution >= 4 is 16.8 Å². The lowest BCUT2D eigenvalue weighted by Crippen LogP contribution is -2.10. The lowest BCUT2D eigenvalue weighted by molar-refractivity contribution is 0.101. The minimum atomic E-state index is -0.177. The Hall–Kier alpha value is -3.15. The fraction of sp³-hybridized carbons (Fsp3) is 0.286. The second-order valence-electron chi connectivity index (χ2n) is 5.85. The van der Waals surface area contributed by atoms with Gasteiger partial charge in [0.15, 0.2) is 17.1 Å². The van der Waals surface area contributed by atoms with Gasteiger partial charge < -0.3 is 23.4 Å². The minimum Gasteiger partial charge on any atom is -0.495 e. The number of fused-ring (bicyclic) bond motifs is 1. The van der Waals surface area contributed by atoms with E-state index in [2.05, 4.69) is 0 Å². The number of carbonyl (C=O) groups excluding carboxylic acids is 1. The maximum absolute atomic E-state index is 12.3. The molecule has 0 aliphatic carbocycles. The summed E-state index contributed by atoms with van der Waals surface area (Å²) < 4.78 is 28.0. The third-order valence-electron chi connectivity index (χ3n) is 4.08. The van der Waals surface area contributed by atoms with Crippen molar-refractivity contribution in [3.8, 4) is 23.0 Å². The van der Waals surface area contributed by atoms with Gasteiger partial charge >= 0.3 is 0 Å². The first-order chi connectivity index (χ1) is 13.2. The Morgan fingerprint density at radius 3 is 2.30 bits per heavy atom. The quantitative estimate of drug-likeness (QED) is 0.408. The van der Waals surface area contributed by atoms with Crippen molar-refractivity contribution < 1.29 is 28.2 Å². The maximum Gasteiger partial charge on any atom is 0.205 e. The lowest BCUT2D eigenvalue weighted by Gasteiger charge is -2.17. The predicted octanol–water partition coefficient (Wildman–Crippen LogP) is 4.50. The highest BCUT2D eigenvalue weighted by molar-refractivity contribution is 6.08.